The van der Waals surface area contributed by atoms with Crippen molar-refractivity contribution in [2.45, 2.75) is 19.0 Å². The Morgan fingerprint density at radius 2 is 1.59 bits per heavy atom. The van der Waals surface area contributed by atoms with E-state index in [9.17, 15) is 18.0 Å². The van der Waals surface area contributed by atoms with E-state index in [0.717, 1.165) is 0 Å². The molecular weight excluding hydrogens is 381 g/mol. The van der Waals surface area contributed by atoms with Gasteiger partial charge in [-0.1, -0.05) is 35.9 Å². The highest BCUT2D eigenvalue weighted by atomic mass is 35.5. The van der Waals surface area contributed by atoms with Crippen molar-refractivity contribution in [1.29, 1.82) is 0 Å². The van der Waals surface area contributed by atoms with Crippen LogP contribution in [0, 0.1) is 0 Å². The Morgan fingerprint density at radius 1 is 0.963 bits per heavy atom. The fraction of sp³-hybridized carbons (Fsp3) is 0.389. The number of anilines is 1. The van der Waals surface area contributed by atoms with Gasteiger partial charge in [0.15, 0.2) is 11.0 Å². The van der Waals surface area contributed by atoms with Crippen LogP contribution in [0.15, 0.2) is 36.4 Å². The molecular formula is C18H18ClF3N4O. The van der Waals surface area contributed by atoms with Crippen LogP contribution in [0.5, 0.6) is 0 Å². The molecule has 5 nitrogen and oxygen atoms in total. The van der Waals surface area contributed by atoms with Crippen molar-refractivity contribution in [1.82, 2.24) is 15.1 Å². The molecule has 2 aromatic rings. The number of amides is 1. The van der Waals surface area contributed by atoms with Crippen LogP contribution in [-0.2, 0) is 17.6 Å². The minimum absolute atomic E-state index is 0.0413. The maximum absolute atomic E-state index is 12.5. The van der Waals surface area contributed by atoms with Crippen LogP contribution in [0.25, 0.3) is 0 Å². The highest BCUT2D eigenvalue weighted by molar-refractivity contribution is 6.29. The molecule has 1 amide bonds. The predicted octanol–water partition coefficient (Wildman–Crippen LogP) is 3.13. The van der Waals surface area contributed by atoms with Crippen LogP contribution in [0.2, 0.25) is 5.15 Å². The van der Waals surface area contributed by atoms with Crippen molar-refractivity contribution in [2.24, 2.45) is 0 Å². The fourth-order valence-electron chi connectivity index (χ4n) is 2.96. The van der Waals surface area contributed by atoms with Crippen LogP contribution in [0.1, 0.15) is 11.1 Å². The van der Waals surface area contributed by atoms with Gasteiger partial charge in [0, 0.05) is 26.2 Å². The Hall–Kier alpha value is -2.35. The number of carbonyl (C=O) groups excluding carboxylic acids is 1. The predicted molar refractivity (Wildman–Crippen MR) is 95.7 cm³/mol. The maximum Gasteiger partial charge on any atom is 0.393 e. The van der Waals surface area contributed by atoms with E-state index in [1.165, 1.54) is 12.1 Å². The van der Waals surface area contributed by atoms with Gasteiger partial charge >= 0.3 is 6.18 Å². The summed E-state index contributed by atoms with van der Waals surface area (Å²) in [7, 11) is 0. The SMILES string of the molecule is O=C(Cc1ccc(CC(F)(F)F)cc1)N1CCN(c2ccc(Cl)nn2)CC1. The largest absolute Gasteiger partial charge is 0.393 e. The van der Waals surface area contributed by atoms with Crippen LogP contribution >= 0.6 is 11.6 Å². The summed E-state index contributed by atoms with van der Waals surface area (Å²) in [6.07, 6.45) is -5.02. The van der Waals surface area contributed by atoms with E-state index < -0.39 is 12.6 Å². The Balaban J connectivity index is 1.51. The number of rotatable bonds is 4. The lowest BCUT2D eigenvalue weighted by Crippen LogP contribution is -2.49. The molecule has 1 fully saturated rings. The summed E-state index contributed by atoms with van der Waals surface area (Å²) in [5.74, 6) is 0.673. The molecule has 0 spiro atoms. The third kappa shape index (κ3) is 5.56. The van der Waals surface area contributed by atoms with Crippen molar-refractivity contribution >= 4 is 23.3 Å². The summed E-state index contributed by atoms with van der Waals surface area (Å²) in [6.45, 7) is 2.36. The summed E-state index contributed by atoms with van der Waals surface area (Å²) in [4.78, 5) is 16.2. The molecule has 1 aliphatic heterocycles. The number of hydrogen-bond donors (Lipinski definition) is 0. The zero-order chi connectivity index (χ0) is 19.4. The van der Waals surface area contributed by atoms with Gasteiger partial charge in [-0.05, 0) is 23.3 Å². The summed E-state index contributed by atoms with van der Waals surface area (Å²) >= 11 is 5.73. The fourth-order valence-corrected chi connectivity index (χ4v) is 3.06. The maximum atomic E-state index is 12.5. The summed E-state index contributed by atoms with van der Waals surface area (Å²) in [6, 6.07) is 9.47. The number of halogens is 4. The topological polar surface area (TPSA) is 49.3 Å². The molecule has 1 aromatic carbocycles. The van der Waals surface area contributed by atoms with E-state index in [2.05, 4.69) is 10.2 Å². The number of hydrogen-bond acceptors (Lipinski definition) is 4. The number of carbonyl (C=O) groups is 1. The summed E-state index contributed by atoms with van der Waals surface area (Å²) in [5.41, 5.74) is 0.897. The number of piperazine rings is 1. The van der Waals surface area contributed by atoms with Gasteiger partial charge in [-0.25, -0.2) is 0 Å². The van der Waals surface area contributed by atoms with Crippen molar-refractivity contribution < 1.29 is 18.0 Å². The molecule has 0 N–H and O–H groups in total. The zero-order valence-corrected chi connectivity index (χ0v) is 15.2. The van der Waals surface area contributed by atoms with Crippen LogP contribution in [0.3, 0.4) is 0 Å². The zero-order valence-electron chi connectivity index (χ0n) is 14.4. The Morgan fingerprint density at radius 3 is 2.15 bits per heavy atom. The second-order valence-electron chi connectivity index (χ2n) is 6.37. The first-order chi connectivity index (χ1) is 12.8. The lowest BCUT2D eigenvalue weighted by molar-refractivity contribution is -0.131. The highest BCUT2D eigenvalue weighted by Crippen LogP contribution is 2.21. The molecule has 3 rings (SSSR count). The number of benzene rings is 1. The van der Waals surface area contributed by atoms with E-state index in [4.69, 9.17) is 11.6 Å². The summed E-state index contributed by atoms with van der Waals surface area (Å²) < 4.78 is 37.2. The molecule has 0 saturated carbocycles. The Kier molecular flexibility index (Phi) is 5.84. The average Bonchev–Trinajstić information content (AvgIpc) is 2.63. The second kappa shape index (κ2) is 8.12. The molecule has 0 unspecified atom stereocenters. The minimum atomic E-state index is -4.23. The normalized spacial score (nSPS) is 15.1. The standard InChI is InChI=1S/C18H18ClF3N4O/c19-15-5-6-16(24-23-15)25-7-9-26(10-8-25)17(27)11-13-1-3-14(4-2-13)12-18(20,21)22/h1-6H,7-12H2. The molecule has 144 valence electrons. The quantitative estimate of drug-likeness (QED) is 0.794. The first kappa shape index (κ1) is 19.4. The van der Waals surface area contributed by atoms with Crippen molar-refractivity contribution in [2.75, 3.05) is 31.1 Å². The molecule has 0 aliphatic carbocycles. The van der Waals surface area contributed by atoms with E-state index in [1.807, 2.05) is 4.90 Å². The van der Waals surface area contributed by atoms with E-state index in [-0.39, 0.29) is 17.9 Å². The van der Waals surface area contributed by atoms with Crippen LogP contribution < -0.4 is 4.90 Å². The van der Waals surface area contributed by atoms with E-state index >= 15 is 0 Å². The van der Waals surface area contributed by atoms with Crippen molar-refractivity contribution in [3.8, 4) is 0 Å². The van der Waals surface area contributed by atoms with Crippen LogP contribution in [-0.4, -0.2) is 53.4 Å². The Bertz CT molecular complexity index is 773. The molecule has 9 heteroatoms. The van der Waals surface area contributed by atoms with E-state index in [0.29, 0.717) is 42.7 Å². The lowest BCUT2D eigenvalue weighted by atomic mass is 10.1. The monoisotopic (exact) mass is 398 g/mol. The van der Waals surface area contributed by atoms with Crippen molar-refractivity contribution in [3.05, 3.63) is 52.7 Å². The number of aromatic nitrogens is 2. The molecule has 2 heterocycles. The first-order valence-electron chi connectivity index (χ1n) is 8.47. The lowest BCUT2D eigenvalue weighted by Gasteiger charge is -2.35. The van der Waals surface area contributed by atoms with Gasteiger partial charge < -0.3 is 9.80 Å². The van der Waals surface area contributed by atoms with Gasteiger partial charge in [-0.3, -0.25) is 4.79 Å². The molecule has 0 bridgehead atoms. The smallest absolute Gasteiger partial charge is 0.352 e. The molecule has 1 aliphatic rings. The van der Waals surface area contributed by atoms with Gasteiger partial charge in [0.1, 0.15) is 0 Å². The molecule has 1 saturated heterocycles. The highest BCUT2D eigenvalue weighted by Gasteiger charge is 2.27. The van der Waals surface area contributed by atoms with Gasteiger partial charge in [0.05, 0.1) is 12.8 Å². The third-order valence-electron chi connectivity index (χ3n) is 4.36. The molecule has 1 aromatic heterocycles. The first-order valence-corrected chi connectivity index (χ1v) is 8.84. The van der Waals surface area contributed by atoms with Gasteiger partial charge in [0.2, 0.25) is 5.91 Å². The molecule has 0 atom stereocenters. The van der Waals surface area contributed by atoms with Crippen molar-refractivity contribution in [3.63, 3.8) is 0 Å². The number of alkyl halides is 3. The van der Waals surface area contributed by atoms with Gasteiger partial charge in [-0.2, -0.15) is 13.2 Å². The molecule has 27 heavy (non-hydrogen) atoms. The number of nitrogens with zero attached hydrogens (tertiary/aromatic N) is 4. The second-order valence-corrected chi connectivity index (χ2v) is 6.75. The minimum Gasteiger partial charge on any atom is -0.352 e. The van der Waals surface area contributed by atoms with Gasteiger partial charge in [0.25, 0.3) is 0 Å². The summed E-state index contributed by atoms with van der Waals surface area (Å²) in [5, 5.41) is 8.18. The Labute approximate surface area is 159 Å². The van der Waals surface area contributed by atoms with Crippen LogP contribution in [0.4, 0.5) is 19.0 Å². The van der Waals surface area contributed by atoms with Gasteiger partial charge in [-0.15, -0.1) is 10.2 Å². The van der Waals surface area contributed by atoms with E-state index in [1.54, 1.807) is 29.2 Å². The third-order valence-corrected chi connectivity index (χ3v) is 4.56. The molecule has 0 radical (unpaired) electrons. The average molecular weight is 399 g/mol.